The SMILES string of the molecule is N=C(N)c1ccnnc1Sc1ncccn1. The van der Waals surface area contributed by atoms with Gasteiger partial charge in [-0.2, -0.15) is 5.10 Å². The number of nitrogens with zero attached hydrogens (tertiary/aromatic N) is 4. The Balaban J connectivity index is 2.31. The number of nitrogens with two attached hydrogens (primary N) is 1. The van der Waals surface area contributed by atoms with Gasteiger partial charge in [0.2, 0.25) is 0 Å². The molecule has 2 aromatic rings. The van der Waals surface area contributed by atoms with Gasteiger partial charge in [-0.15, -0.1) is 5.10 Å². The smallest absolute Gasteiger partial charge is 0.193 e. The van der Waals surface area contributed by atoms with Crippen molar-refractivity contribution in [1.82, 2.24) is 20.2 Å². The van der Waals surface area contributed by atoms with Crippen LogP contribution in [0.4, 0.5) is 0 Å². The van der Waals surface area contributed by atoms with Gasteiger partial charge in [-0.3, -0.25) is 5.41 Å². The Labute approximate surface area is 95.8 Å². The van der Waals surface area contributed by atoms with Crippen molar-refractivity contribution >= 4 is 17.6 Å². The van der Waals surface area contributed by atoms with Crippen molar-refractivity contribution in [2.45, 2.75) is 10.2 Å². The lowest BCUT2D eigenvalue weighted by Gasteiger charge is -2.03. The second-order valence-corrected chi connectivity index (χ2v) is 3.75. The van der Waals surface area contributed by atoms with E-state index in [1.54, 1.807) is 24.5 Å². The number of nitrogen functional groups attached to an aromatic ring is 1. The summed E-state index contributed by atoms with van der Waals surface area (Å²) >= 11 is 1.23. The van der Waals surface area contributed by atoms with E-state index in [4.69, 9.17) is 11.1 Å². The number of hydrogen-bond donors (Lipinski definition) is 2. The van der Waals surface area contributed by atoms with Gasteiger partial charge in [0, 0.05) is 12.4 Å². The molecule has 0 aromatic carbocycles. The third-order valence-corrected chi connectivity index (χ3v) is 2.60. The molecule has 0 radical (unpaired) electrons. The van der Waals surface area contributed by atoms with Crippen LogP contribution in [0.5, 0.6) is 0 Å². The van der Waals surface area contributed by atoms with Gasteiger partial charge in [0.1, 0.15) is 10.9 Å². The van der Waals surface area contributed by atoms with E-state index < -0.39 is 0 Å². The standard InChI is InChI=1S/C9H8N6S/c10-7(11)6-2-5-14-15-8(6)16-9-12-3-1-4-13-9/h1-5H,(H3,10,11). The van der Waals surface area contributed by atoms with Crippen molar-refractivity contribution in [2.75, 3.05) is 0 Å². The first-order valence-corrected chi connectivity index (χ1v) is 5.20. The van der Waals surface area contributed by atoms with E-state index >= 15 is 0 Å². The first kappa shape index (κ1) is 10.5. The Morgan fingerprint density at radius 1 is 1.25 bits per heavy atom. The Kier molecular flexibility index (Phi) is 3.06. The number of aromatic nitrogens is 4. The molecule has 6 nitrogen and oxygen atoms in total. The summed E-state index contributed by atoms with van der Waals surface area (Å²) in [5.74, 6) is -0.0478. The first-order valence-electron chi connectivity index (χ1n) is 4.38. The summed E-state index contributed by atoms with van der Waals surface area (Å²) < 4.78 is 0. The highest BCUT2D eigenvalue weighted by Gasteiger charge is 2.09. The number of rotatable bonds is 3. The Bertz CT molecular complexity index is 500. The molecule has 0 saturated carbocycles. The number of nitrogens with one attached hydrogen (secondary N) is 1. The molecule has 3 N–H and O–H groups in total. The highest BCUT2D eigenvalue weighted by molar-refractivity contribution is 7.99. The summed E-state index contributed by atoms with van der Waals surface area (Å²) in [6.45, 7) is 0. The van der Waals surface area contributed by atoms with Gasteiger partial charge >= 0.3 is 0 Å². The molecule has 0 amide bonds. The summed E-state index contributed by atoms with van der Waals surface area (Å²) in [7, 11) is 0. The van der Waals surface area contributed by atoms with Gasteiger partial charge < -0.3 is 5.73 Å². The highest BCUT2D eigenvalue weighted by Crippen LogP contribution is 2.24. The summed E-state index contributed by atoms with van der Waals surface area (Å²) in [6, 6.07) is 3.37. The Morgan fingerprint density at radius 3 is 2.69 bits per heavy atom. The second kappa shape index (κ2) is 4.67. The molecule has 16 heavy (non-hydrogen) atoms. The molecule has 2 heterocycles. The van der Waals surface area contributed by atoms with E-state index in [-0.39, 0.29) is 5.84 Å². The molecule has 0 unspecified atom stereocenters. The average molecular weight is 232 g/mol. The van der Waals surface area contributed by atoms with Crippen LogP contribution in [0.1, 0.15) is 5.56 Å². The zero-order valence-corrected chi connectivity index (χ0v) is 8.98. The van der Waals surface area contributed by atoms with Crippen molar-refractivity contribution in [3.05, 3.63) is 36.3 Å². The normalized spacial score (nSPS) is 10.0. The first-order chi connectivity index (χ1) is 7.77. The molecule has 2 rings (SSSR count). The van der Waals surface area contributed by atoms with Gasteiger partial charge in [0.05, 0.1) is 11.8 Å². The lowest BCUT2D eigenvalue weighted by molar-refractivity contribution is 0.905. The molecule has 0 aliphatic heterocycles. The molecule has 0 bridgehead atoms. The van der Waals surface area contributed by atoms with Gasteiger partial charge in [0.25, 0.3) is 0 Å². The maximum Gasteiger partial charge on any atom is 0.193 e. The van der Waals surface area contributed by atoms with Crippen LogP contribution in [0.15, 0.2) is 40.9 Å². The minimum Gasteiger partial charge on any atom is -0.384 e. The fourth-order valence-corrected chi connectivity index (χ4v) is 1.80. The number of hydrogen-bond acceptors (Lipinski definition) is 6. The minimum atomic E-state index is -0.0478. The molecule has 0 spiro atoms. The molecule has 0 aliphatic rings. The van der Waals surface area contributed by atoms with E-state index in [0.717, 1.165) is 0 Å². The third kappa shape index (κ3) is 2.31. The van der Waals surface area contributed by atoms with Gasteiger partial charge in [-0.1, -0.05) is 0 Å². The second-order valence-electron chi connectivity index (χ2n) is 2.80. The van der Waals surface area contributed by atoms with Crippen molar-refractivity contribution in [2.24, 2.45) is 5.73 Å². The fraction of sp³-hybridized carbons (Fsp3) is 0. The van der Waals surface area contributed by atoms with Gasteiger partial charge in [-0.05, 0) is 23.9 Å². The fourth-order valence-electron chi connectivity index (χ4n) is 1.02. The number of amidine groups is 1. The molecule has 2 aromatic heterocycles. The topological polar surface area (TPSA) is 101 Å². The van der Waals surface area contributed by atoms with Crippen LogP contribution in [0.25, 0.3) is 0 Å². The Morgan fingerprint density at radius 2 is 2.00 bits per heavy atom. The van der Waals surface area contributed by atoms with Crippen LogP contribution in [-0.2, 0) is 0 Å². The predicted molar refractivity (Wildman–Crippen MR) is 59.2 cm³/mol. The Hall–Kier alpha value is -2.02. The lowest BCUT2D eigenvalue weighted by atomic mass is 10.3. The quantitative estimate of drug-likeness (QED) is 0.459. The van der Waals surface area contributed by atoms with E-state index in [9.17, 15) is 0 Å². The van der Waals surface area contributed by atoms with Crippen LogP contribution >= 0.6 is 11.8 Å². The highest BCUT2D eigenvalue weighted by atomic mass is 32.2. The van der Waals surface area contributed by atoms with Gasteiger partial charge in [0.15, 0.2) is 5.16 Å². The molecular formula is C9H8N6S. The summed E-state index contributed by atoms with van der Waals surface area (Å²) in [4.78, 5) is 8.09. The van der Waals surface area contributed by atoms with E-state index in [2.05, 4.69) is 20.2 Å². The molecule has 0 aliphatic carbocycles. The zero-order valence-electron chi connectivity index (χ0n) is 8.16. The minimum absolute atomic E-state index is 0.0478. The van der Waals surface area contributed by atoms with Gasteiger partial charge in [-0.25, -0.2) is 9.97 Å². The van der Waals surface area contributed by atoms with Crippen LogP contribution in [0.3, 0.4) is 0 Å². The van der Waals surface area contributed by atoms with Crippen LogP contribution in [0, 0.1) is 5.41 Å². The van der Waals surface area contributed by atoms with E-state index in [0.29, 0.717) is 15.7 Å². The molecular weight excluding hydrogens is 224 g/mol. The summed E-state index contributed by atoms with van der Waals surface area (Å²) in [5, 5.41) is 16.1. The molecule has 0 saturated heterocycles. The third-order valence-electron chi connectivity index (χ3n) is 1.71. The predicted octanol–water partition coefficient (Wildman–Crippen LogP) is 0.702. The lowest BCUT2D eigenvalue weighted by Crippen LogP contribution is -2.13. The van der Waals surface area contributed by atoms with Crippen molar-refractivity contribution in [3.8, 4) is 0 Å². The largest absolute Gasteiger partial charge is 0.384 e. The van der Waals surface area contributed by atoms with Crippen molar-refractivity contribution in [3.63, 3.8) is 0 Å². The van der Waals surface area contributed by atoms with Crippen LogP contribution < -0.4 is 5.73 Å². The van der Waals surface area contributed by atoms with Crippen LogP contribution in [0.2, 0.25) is 0 Å². The van der Waals surface area contributed by atoms with E-state index in [1.165, 1.54) is 18.0 Å². The molecule has 7 heteroatoms. The monoisotopic (exact) mass is 232 g/mol. The van der Waals surface area contributed by atoms with Crippen molar-refractivity contribution in [1.29, 1.82) is 5.41 Å². The maximum atomic E-state index is 7.40. The van der Waals surface area contributed by atoms with Crippen LogP contribution in [-0.4, -0.2) is 26.0 Å². The maximum absolute atomic E-state index is 7.40. The molecule has 0 atom stereocenters. The van der Waals surface area contributed by atoms with E-state index in [1.807, 2.05) is 0 Å². The molecule has 0 fully saturated rings. The summed E-state index contributed by atoms with van der Waals surface area (Å²) in [6.07, 6.45) is 4.77. The summed E-state index contributed by atoms with van der Waals surface area (Å²) in [5.41, 5.74) is 5.96. The zero-order chi connectivity index (χ0) is 11.4. The van der Waals surface area contributed by atoms with Crippen molar-refractivity contribution < 1.29 is 0 Å². The average Bonchev–Trinajstić information content (AvgIpc) is 2.31. The molecule has 80 valence electrons.